The van der Waals surface area contributed by atoms with Gasteiger partial charge in [0.2, 0.25) is 0 Å². The van der Waals surface area contributed by atoms with E-state index in [-0.39, 0.29) is 11.5 Å². The molecule has 0 aliphatic heterocycles. The van der Waals surface area contributed by atoms with Gasteiger partial charge in [0.15, 0.2) is 5.69 Å². The Hall–Kier alpha value is -2.28. The number of aromatic nitrogens is 2. The van der Waals surface area contributed by atoms with Crippen molar-refractivity contribution in [3.8, 4) is 0 Å². The van der Waals surface area contributed by atoms with Gasteiger partial charge in [0.25, 0.3) is 5.91 Å². The van der Waals surface area contributed by atoms with Gasteiger partial charge < -0.3 is 10.4 Å². The maximum atomic E-state index is 11.6. The summed E-state index contributed by atoms with van der Waals surface area (Å²) in [6.07, 6.45) is 0.628. The average Bonchev–Trinajstić information content (AvgIpc) is 2.93. The Bertz CT molecular complexity index is 566. The largest absolute Gasteiger partial charge is 0.478 e. The maximum Gasteiger partial charge on any atom is 0.335 e. The van der Waals surface area contributed by atoms with Crippen LogP contribution >= 0.6 is 11.5 Å². The van der Waals surface area contributed by atoms with Crippen LogP contribution in [0.3, 0.4) is 0 Å². The third-order valence-electron chi connectivity index (χ3n) is 2.49. The lowest BCUT2D eigenvalue weighted by molar-refractivity contribution is 0.0696. The molecule has 2 aromatic rings. The third-order valence-corrected chi connectivity index (χ3v) is 3.00. The lowest BCUT2D eigenvalue weighted by Crippen LogP contribution is -2.26. The van der Waals surface area contributed by atoms with E-state index in [1.165, 1.54) is 0 Å². The summed E-state index contributed by atoms with van der Waals surface area (Å²) in [5, 5.41) is 16.7. The van der Waals surface area contributed by atoms with Crippen LogP contribution in [0.25, 0.3) is 0 Å². The molecular weight excluding hydrogens is 266 g/mol. The molecule has 1 amide bonds. The molecule has 2 N–H and O–H groups in total. The van der Waals surface area contributed by atoms with Crippen molar-refractivity contribution in [1.82, 2.24) is 14.9 Å². The molecule has 1 heterocycles. The molecule has 0 aliphatic rings. The zero-order valence-corrected chi connectivity index (χ0v) is 10.7. The van der Waals surface area contributed by atoms with Crippen molar-refractivity contribution in [2.45, 2.75) is 6.42 Å². The van der Waals surface area contributed by atoms with Gasteiger partial charge in [-0.15, -0.1) is 5.10 Å². The molecule has 0 saturated carbocycles. The zero-order valence-electron chi connectivity index (χ0n) is 9.87. The van der Waals surface area contributed by atoms with Gasteiger partial charge in [0.1, 0.15) is 0 Å². The molecule has 7 heteroatoms. The fourth-order valence-corrected chi connectivity index (χ4v) is 1.92. The Balaban J connectivity index is 1.82. The SMILES string of the molecule is O=C(O)c1ccc(CCNC(=O)c2csnn2)cc1. The summed E-state index contributed by atoms with van der Waals surface area (Å²) in [7, 11) is 0. The predicted molar refractivity (Wildman–Crippen MR) is 69.3 cm³/mol. The molecule has 0 saturated heterocycles. The monoisotopic (exact) mass is 277 g/mol. The van der Waals surface area contributed by atoms with E-state index >= 15 is 0 Å². The molecule has 0 spiro atoms. The quantitative estimate of drug-likeness (QED) is 0.857. The van der Waals surface area contributed by atoms with Crippen molar-refractivity contribution in [3.05, 3.63) is 46.5 Å². The van der Waals surface area contributed by atoms with E-state index in [4.69, 9.17) is 5.11 Å². The van der Waals surface area contributed by atoms with Gasteiger partial charge in [-0.3, -0.25) is 4.79 Å². The third kappa shape index (κ3) is 3.59. The highest BCUT2D eigenvalue weighted by atomic mass is 32.1. The minimum atomic E-state index is -0.948. The van der Waals surface area contributed by atoms with Crippen LogP contribution in [0, 0.1) is 0 Å². The Morgan fingerprint density at radius 1 is 1.26 bits per heavy atom. The summed E-state index contributed by atoms with van der Waals surface area (Å²) in [6, 6.07) is 6.56. The number of benzene rings is 1. The van der Waals surface area contributed by atoms with Gasteiger partial charge in [-0.2, -0.15) is 0 Å². The average molecular weight is 277 g/mol. The molecule has 0 aliphatic carbocycles. The molecule has 2 rings (SSSR count). The van der Waals surface area contributed by atoms with Crippen LogP contribution in [0.5, 0.6) is 0 Å². The minimum Gasteiger partial charge on any atom is -0.478 e. The summed E-state index contributed by atoms with van der Waals surface area (Å²) >= 11 is 1.12. The molecule has 0 fully saturated rings. The van der Waals surface area contributed by atoms with Crippen molar-refractivity contribution < 1.29 is 14.7 Å². The van der Waals surface area contributed by atoms with Gasteiger partial charge in [-0.25, -0.2) is 4.79 Å². The number of nitrogens with one attached hydrogen (secondary N) is 1. The lowest BCUT2D eigenvalue weighted by atomic mass is 10.1. The Morgan fingerprint density at radius 2 is 2.00 bits per heavy atom. The first-order valence-electron chi connectivity index (χ1n) is 5.54. The van der Waals surface area contributed by atoms with E-state index in [9.17, 15) is 9.59 Å². The number of carboxylic acid groups (broad SMARTS) is 1. The standard InChI is InChI=1S/C12H11N3O3S/c16-11(10-7-19-15-14-10)13-6-5-8-1-3-9(4-2-8)12(17)18/h1-4,7H,5-6H2,(H,13,16)(H,17,18). The fraction of sp³-hybridized carbons (Fsp3) is 0.167. The van der Waals surface area contributed by atoms with Crippen LogP contribution in [0.2, 0.25) is 0 Å². The maximum absolute atomic E-state index is 11.6. The van der Waals surface area contributed by atoms with Gasteiger partial charge in [0, 0.05) is 11.9 Å². The van der Waals surface area contributed by atoms with E-state index < -0.39 is 5.97 Å². The van der Waals surface area contributed by atoms with Crippen LogP contribution in [-0.2, 0) is 6.42 Å². The van der Waals surface area contributed by atoms with E-state index in [0.717, 1.165) is 17.1 Å². The number of carboxylic acids is 1. The number of amides is 1. The van der Waals surface area contributed by atoms with Gasteiger partial charge in [-0.05, 0) is 35.6 Å². The molecule has 0 unspecified atom stereocenters. The van der Waals surface area contributed by atoms with Gasteiger partial charge in [-0.1, -0.05) is 16.6 Å². The van der Waals surface area contributed by atoms with Crippen LogP contribution in [0.4, 0.5) is 0 Å². The Labute approximate surface area is 113 Å². The molecule has 1 aromatic carbocycles. The molecule has 0 atom stereocenters. The fourth-order valence-electron chi connectivity index (χ4n) is 1.49. The molecule has 0 radical (unpaired) electrons. The number of nitrogens with zero attached hydrogens (tertiary/aromatic N) is 2. The minimum absolute atomic E-state index is 0.251. The van der Waals surface area contributed by atoms with E-state index in [1.54, 1.807) is 29.6 Å². The highest BCUT2D eigenvalue weighted by Gasteiger charge is 2.07. The number of aromatic carboxylic acids is 1. The van der Waals surface area contributed by atoms with Gasteiger partial charge in [0.05, 0.1) is 5.56 Å². The number of carbonyl (C=O) groups excluding carboxylic acids is 1. The van der Waals surface area contributed by atoms with Crippen molar-refractivity contribution in [3.63, 3.8) is 0 Å². The highest BCUT2D eigenvalue weighted by molar-refractivity contribution is 7.03. The molecule has 19 heavy (non-hydrogen) atoms. The molecule has 6 nitrogen and oxygen atoms in total. The summed E-state index contributed by atoms with van der Waals surface area (Å²) in [4.78, 5) is 22.2. The lowest BCUT2D eigenvalue weighted by Gasteiger charge is -2.03. The van der Waals surface area contributed by atoms with Crippen molar-refractivity contribution >= 4 is 23.4 Å². The molecule has 1 aromatic heterocycles. The first kappa shape index (κ1) is 13.2. The van der Waals surface area contributed by atoms with E-state index in [0.29, 0.717) is 18.7 Å². The number of rotatable bonds is 5. The smallest absolute Gasteiger partial charge is 0.335 e. The number of hydrogen-bond acceptors (Lipinski definition) is 5. The van der Waals surface area contributed by atoms with Gasteiger partial charge >= 0.3 is 5.97 Å². The summed E-state index contributed by atoms with van der Waals surface area (Å²) in [5.41, 5.74) is 1.52. The molecular formula is C12H11N3O3S. The second-order valence-electron chi connectivity index (χ2n) is 3.80. The Morgan fingerprint density at radius 3 is 2.58 bits per heavy atom. The normalized spacial score (nSPS) is 10.1. The second-order valence-corrected chi connectivity index (χ2v) is 4.41. The molecule has 98 valence electrons. The van der Waals surface area contributed by atoms with Crippen molar-refractivity contribution in [1.29, 1.82) is 0 Å². The first-order chi connectivity index (χ1) is 9.16. The zero-order chi connectivity index (χ0) is 13.7. The van der Waals surface area contributed by atoms with Crippen LogP contribution in [-0.4, -0.2) is 33.1 Å². The molecule has 0 bridgehead atoms. The number of carbonyl (C=O) groups is 2. The first-order valence-corrected chi connectivity index (χ1v) is 6.38. The summed E-state index contributed by atoms with van der Waals surface area (Å²) in [5.74, 6) is -1.20. The van der Waals surface area contributed by atoms with Crippen molar-refractivity contribution in [2.24, 2.45) is 0 Å². The highest BCUT2D eigenvalue weighted by Crippen LogP contribution is 2.05. The predicted octanol–water partition coefficient (Wildman–Crippen LogP) is 1.21. The second kappa shape index (κ2) is 6.05. The van der Waals surface area contributed by atoms with E-state index in [2.05, 4.69) is 14.9 Å². The van der Waals surface area contributed by atoms with Crippen molar-refractivity contribution in [2.75, 3.05) is 6.54 Å². The van der Waals surface area contributed by atoms with E-state index in [1.807, 2.05) is 0 Å². The number of hydrogen-bond donors (Lipinski definition) is 2. The van der Waals surface area contributed by atoms with Crippen LogP contribution < -0.4 is 5.32 Å². The van der Waals surface area contributed by atoms with Crippen LogP contribution in [0.15, 0.2) is 29.6 Å². The summed E-state index contributed by atoms with van der Waals surface area (Å²) in [6.45, 7) is 0.461. The summed E-state index contributed by atoms with van der Waals surface area (Å²) < 4.78 is 3.61. The topological polar surface area (TPSA) is 92.2 Å². The van der Waals surface area contributed by atoms with Crippen LogP contribution in [0.1, 0.15) is 26.4 Å². The Kier molecular flexibility index (Phi) is 4.19.